The normalized spacial score (nSPS) is 15.1. The molecular formula is C22H20ClN5O3. The monoisotopic (exact) mass is 437 g/mol. The molecule has 1 atom stereocenters. The van der Waals surface area contributed by atoms with Gasteiger partial charge in [-0.3, -0.25) is 19.4 Å². The van der Waals surface area contributed by atoms with Crippen molar-refractivity contribution in [3.63, 3.8) is 0 Å². The smallest absolute Gasteiger partial charge is 0.258 e. The average molecular weight is 438 g/mol. The molecule has 0 unspecified atom stereocenters. The summed E-state index contributed by atoms with van der Waals surface area (Å²) in [5.41, 5.74) is 2.74. The number of nitrogens with one attached hydrogen (secondary N) is 4. The third-order valence-electron chi connectivity index (χ3n) is 5.01. The van der Waals surface area contributed by atoms with Crippen LogP contribution in [0.4, 0.5) is 23.1 Å². The minimum atomic E-state index is -0.958. The van der Waals surface area contributed by atoms with E-state index in [0.717, 1.165) is 11.1 Å². The first-order valence-corrected chi connectivity index (χ1v) is 10.0. The number of anilines is 4. The van der Waals surface area contributed by atoms with Crippen LogP contribution in [0.3, 0.4) is 0 Å². The van der Waals surface area contributed by atoms with Crippen molar-refractivity contribution in [3.8, 4) is 0 Å². The summed E-state index contributed by atoms with van der Waals surface area (Å²) in [6.07, 6.45) is -0.143. The molecule has 0 bridgehead atoms. The second kappa shape index (κ2) is 8.23. The molecule has 31 heavy (non-hydrogen) atoms. The highest BCUT2D eigenvalue weighted by Gasteiger charge is 2.35. The first-order valence-electron chi connectivity index (χ1n) is 9.65. The summed E-state index contributed by atoms with van der Waals surface area (Å²) in [5, 5.41) is 8.89. The summed E-state index contributed by atoms with van der Waals surface area (Å²) in [4.78, 5) is 45.0. The van der Waals surface area contributed by atoms with Crippen LogP contribution in [0.5, 0.6) is 0 Å². The second-order valence-corrected chi connectivity index (χ2v) is 7.86. The van der Waals surface area contributed by atoms with Crippen LogP contribution in [0, 0.1) is 13.8 Å². The quantitative estimate of drug-likeness (QED) is 0.494. The molecule has 1 aromatic heterocycles. The maximum Gasteiger partial charge on any atom is 0.258 e. The Kier molecular flexibility index (Phi) is 5.48. The lowest BCUT2D eigenvalue weighted by Gasteiger charge is -2.24. The molecule has 2 aromatic carbocycles. The molecule has 0 saturated heterocycles. The van der Waals surface area contributed by atoms with Crippen molar-refractivity contribution >= 4 is 46.6 Å². The Morgan fingerprint density at radius 2 is 1.97 bits per heavy atom. The number of rotatable bonds is 4. The molecule has 1 aliphatic rings. The maximum absolute atomic E-state index is 13.0. The highest BCUT2D eigenvalue weighted by molar-refractivity contribution is 6.30. The number of amides is 2. The number of hydrogen-bond acceptors (Lipinski definition) is 5. The van der Waals surface area contributed by atoms with Crippen molar-refractivity contribution in [3.05, 3.63) is 74.5 Å². The van der Waals surface area contributed by atoms with Crippen molar-refractivity contribution in [1.29, 1.82) is 0 Å². The predicted octanol–water partition coefficient (Wildman–Crippen LogP) is 3.85. The minimum absolute atomic E-state index is 0.0608. The van der Waals surface area contributed by atoms with E-state index in [1.165, 1.54) is 0 Å². The topological polar surface area (TPSA) is 116 Å². The molecule has 8 nitrogen and oxygen atoms in total. The number of aryl methyl sites for hydroxylation is 2. The molecule has 1 aliphatic heterocycles. The van der Waals surface area contributed by atoms with Gasteiger partial charge in [0.25, 0.3) is 5.56 Å². The van der Waals surface area contributed by atoms with Gasteiger partial charge in [-0.15, -0.1) is 0 Å². The van der Waals surface area contributed by atoms with E-state index in [0.29, 0.717) is 16.4 Å². The van der Waals surface area contributed by atoms with Crippen molar-refractivity contribution < 1.29 is 9.59 Å². The molecule has 158 valence electrons. The number of fused-ring (bicyclic) bond motifs is 1. The van der Waals surface area contributed by atoms with E-state index in [1.54, 1.807) is 24.3 Å². The molecule has 2 amide bonds. The molecule has 0 radical (unpaired) electrons. The Bertz CT molecular complexity index is 1250. The van der Waals surface area contributed by atoms with Gasteiger partial charge in [-0.2, -0.15) is 4.98 Å². The Labute approximate surface area is 183 Å². The lowest BCUT2D eigenvalue weighted by molar-refractivity contribution is -0.123. The summed E-state index contributed by atoms with van der Waals surface area (Å²) in [5.74, 6) is -1.60. The number of carbonyl (C=O) groups is 2. The maximum atomic E-state index is 13.0. The molecule has 0 aliphatic carbocycles. The number of hydrogen-bond donors (Lipinski definition) is 4. The molecule has 0 spiro atoms. The Hall–Kier alpha value is -3.65. The molecular weight excluding hydrogens is 418 g/mol. The van der Waals surface area contributed by atoms with Crippen LogP contribution < -0.4 is 21.5 Å². The molecule has 4 rings (SSSR count). The van der Waals surface area contributed by atoms with Gasteiger partial charge in [0.1, 0.15) is 5.82 Å². The second-order valence-electron chi connectivity index (χ2n) is 7.42. The van der Waals surface area contributed by atoms with Gasteiger partial charge in [-0.05, 0) is 49.2 Å². The van der Waals surface area contributed by atoms with E-state index >= 15 is 0 Å². The third-order valence-corrected chi connectivity index (χ3v) is 5.24. The van der Waals surface area contributed by atoms with Crippen molar-refractivity contribution in [2.24, 2.45) is 0 Å². The summed E-state index contributed by atoms with van der Waals surface area (Å²) in [6.45, 7) is 3.79. The minimum Gasteiger partial charge on any atom is -0.326 e. The number of carbonyl (C=O) groups excluding carboxylic acids is 2. The Balaban J connectivity index is 1.66. The zero-order valence-electron chi connectivity index (χ0n) is 16.9. The molecule has 4 N–H and O–H groups in total. The van der Waals surface area contributed by atoms with Crippen LogP contribution in [0.2, 0.25) is 5.02 Å². The Morgan fingerprint density at radius 1 is 1.16 bits per heavy atom. The van der Waals surface area contributed by atoms with Crippen LogP contribution in [0.15, 0.2) is 47.3 Å². The summed E-state index contributed by atoms with van der Waals surface area (Å²) in [7, 11) is 0. The zero-order chi connectivity index (χ0) is 22.1. The third kappa shape index (κ3) is 4.44. The fourth-order valence-electron chi connectivity index (χ4n) is 3.45. The van der Waals surface area contributed by atoms with Gasteiger partial charge < -0.3 is 16.0 Å². The fraction of sp³-hybridized carbons (Fsp3) is 0.182. The molecule has 0 fully saturated rings. The molecule has 0 saturated carbocycles. The molecule has 3 aromatic rings. The van der Waals surface area contributed by atoms with Crippen LogP contribution in [0.25, 0.3) is 0 Å². The Morgan fingerprint density at radius 3 is 2.74 bits per heavy atom. The summed E-state index contributed by atoms with van der Waals surface area (Å²) < 4.78 is 0. The van der Waals surface area contributed by atoms with Gasteiger partial charge in [0, 0.05) is 22.8 Å². The number of benzene rings is 2. The largest absolute Gasteiger partial charge is 0.326 e. The molecule has 9 heteroatoms. The first-order chi connectivity index (χ1) is 14.8. The van der Waals surface area contributed by atoms with Crippen molar-refractivity contribution in [2.45, 2.75) is 26.2 Å². The number of halogens is 1. The average Bonchev–Trinajstić information content (AvgIpc) is 2.69. The van der Waals surface area contributed by atoms with E-state index in [9.17, 15) is 14.4 Å². The highest BCUT2D eigenvalue weighted by atomic mass is 35.5. The fourth-order valence-corrected chi connectivity index (χ4v) is 3.64. The van der Waals surface area contributed by atoms with E-state index in [2.05, 4.69) is 25.9 Å². The molecule has 2 heterocycles. The van der Waals surface area contributed by atoms with Gasteiger partial charge in [0.15, 0.2) is 0 Å². The standard InChI is InChI=1S/C22H20ClN5O3/c1-11-6-7-12(2)16(8-11)25-20(30)15-10-17(29)26-19-18(15)21(31)28-22(27-19)24-14-5-3-4-13(23)9-14/h3-9,15H,10H2,1-2H3,(H,25,30)(H3,24,26,27,28,29,31)/t15-/m1/s1. The SMILES string of the molecule is Cc1ccc(C)c(NC(=O)[C@@H]2CC(=O)Nc3nc(Nc4cccc(Cl)c4)[nH]c(=O)c32)c1. The summed E-state index contributed by atoms with van der Waals surface area (Å²) >= 11 is 5.98. The van der Waals surface area contributed by atoms with Crippen molar-refractivity contribution in [1.82, 2.24) is 9.97 Å². The van der Waals surface area contributed by atoms with Gasteiger partial charge in [0.05, 0.1) is 11.5 Å². The number of aromatic nitrogens is 2. The van der Waals surface area contributed by atoms with E-state index in [4.69, 9.17) is 11.6 Å². The number of aromatic amines is 1. The summed E-state index contributed by atoms with van der Waals surface area (Å²) in [6, 6.07) is 12.6. The lowest BCUT2D eigenvalue weighted by Crippen LogP contribution is -2.36. The van der Waals surface area contributed by atoms with Crippen LogP contribution in [-0.4, -0.2) is 21.8 Å². The van der Waals surface area contributed by atoms with E-state index in [1.807, 2.05) is 32.0 Å². The van der Waals surface area contributed by atoms with Crippen LogP contribution in [-0.2, 0) is 9.59 Å². The predicted molar refractivity (Wildman–Crippen MR) is 120 cm³/mol. The van der Waals surface area contributed by atoms with E-state index in [-0.39, 0.29) is 29.7 Å². The lowest BCUT2D eigenvalue weighted by atomic mass is 9.92. The van der Waals surface area contributed by atoms with Crippen LogP contribution in [0.1, 0.15) is 29.0 Å². The zero-order valence-corrected chi connectivity index (χ0v) is 17.6. The number of nitrogens with zero attached hydrogens (tertiary/aromatic N) is 1. The van der Waals surface area contributed by atoms with E-state index < -0.39 is 17.4 Å². The van der Waals surface area contributed by atoms with Gasteiger partial charge in [0.2, 0.25) is 17.8 Å². The van der Waals surface area contributed by atoms with Gasteiger partial charge >= 0.3 is 0 Å². The van der Waals surface area contributed by atoms with Gasteiger partial charge in [-0.25, -0.2) is 0 Å². The van der Waals surface area contributed by atoms with Crippen molar-refractivity contribution in [2.75, 3.05) is 16.0 Å². The first kappa shape index (κ1) is 20.6. The number of H-pyrrole nitrogens is 1. The van der Waals surface area contributed by atoms with Crippen LogP contribution >= 0.6 is 11.6 Å². The van der Waals surface area contributed by atoms with Gasteiger partial charge in [-0.1, -0.05) is 29.8 Å². The highest BCUT2D eigenvalue weighted by Crippen LogP contribution is 2.31.